The third-order valence-corrected chi connectivity index (χ3v) is 4.70. The maximum absolute atomic E-state index is 13.2. The molecule has 0 aliphatic carbocycles. The molecule has 2 aromatic carbocycles. The fourth-order valence-electron chi connectivity index (χ4n) is 3.17. The molecule has 1 aliphatic rings. The molecule has 0 fully saturated rings. The topological polar surface area (TPSA) is 58.2 Å². The Hall–Kier alpha value is -3.02. The van der Waals surface area contributed by atoms with E-state index >= 15 is 0 Å². The van der Waals surface area contributed by atoms with Crippen molar-refractivity contribution in [3.8, 4) is 0 Å². The van der Waals surface area contributed by atoms with E-state index in [0.29, 0.717) is 12.8 Å². The molecule has 28 heavy (non-hydrogen) atoms. The zero-order chi connectivity index (χ0) is 19.9. The summed E-state index contributed by atoms with van der Waals surface area (Å²) in [7, 11) is 0. The maximum Gasteiger partial charge on any atom is 0.221 e. The molecule has 0 bridgehead atoms. The molecule has 2 amide bonds. The van der Waals surface area contributed by atoms with Crippen LogP contribution in [0, 0.1) is 11.6 Å². The standard InChI is InChI=1S/C22H22F2N2O2/c23-17-9-5-15(6-10-17)19-3-1-2-4-20(16-7-11-18(24)12-8-16)26-22(28)14-13-21(27)25-19/h1-2,5-12,19-20H,3-4,13-14H2,(H,25,27)(H,26,28)/b2-1-/t19-,20-/m1/s1. The van der Waals surface area contributed by atoms with Crippen LogP contribution in [0.1, 0.15) is 48.9 Å². The molecule has 146 valence electrons. The van der Waals surface area contributed by atoms with Crippen LogP contribution >= 0.6 is 0 Å². The summed E-state index contributed by atoms with van der Waals surface area (Å²) < 4.78 is 26.4. The molecule has 0 saturated carbocycles. The van der Waals surface area contributed by atoms with Crippen molar-refractivity contribution in [2.24, 2.45) is 0 Å². The van der Waals surface area contributed by atoms with Gasteiger partial charge in [0.25, 0.3) is 0 Å². The highest BCUT2D eigenvalue weighted by Gasteiger charge is 2.18. The Bertz CT molecular complexity index is 776. The highest BCUT2D eigenvalue weighted by Crippen LogP contribution is 2.22. The summed E-state index contributed by atoms with van der Waals surface area (Å²) in [4.78, 5) is 24.5. The van der Waals surface area contributed by atoms with Crippen LogP contribution in [0.5, 0.6) is 0 Å². The molecule has 1 aliphatic heterocycles. The molecule has 0 unspecified atom stereocenters. The minimum absolute atomic E-state index is 0.0589. The van der Waals surface area contributed by atoms with E-state index in [4.69, 9.17) is 0 Å². The van der Waals surface area contributed by atoms with Gasteiger partial charge in [0.1, 0.15) is 11.6 Å². The highest BCUT2D eigenvalue weighted by atomic mass is 19.1. The van der Waals surface area contributed by atoms with E-state index in [-0.39, 0.29) is 48.4 Å². The van der Waals surface area contributed by atoms with Crippen molar-refractivity contribution in [1.82, 2.24) is 10.6 Å². The Kier molecular flexibility index (Phi) is 6.53. The van der Waals surface area contributed by atoms with Gasteiger partial charge in [-0.25, -0.2) is 8.78 Å². The van der Waals surface area contributed by atoms with Crippen molar-refractivity contribution < 1.29 is 18.4 Å². The van der Waals surface area contributed by atoms with E-state index in [1.807, 2.05) is 12.2 Å². The van der Waals surface area contributed by atoms with Gasteiger partial charge in [0, 0.05) is 12.8 Å². The monoisotopic (exact) mass is 384 g/mol. The van der Waals surface area contributed by atoms with Gasteiger partial charge in [-0.3, -0.25) is 9.59 Å². The third kappa shape index (κ3) is 5.49. The number of carbonyl (C=O) groups excluding carboxylic acids is 2. The van der Waals surface area contributed by atoms with Crippen LogP contribution in [0.15, 0.2) is 60.7 Å². The average molecular weight is 384 g/mol. The molecule has 1 heterocycles. The van der Waals surface area contributed by atoms with E-state index in [2.05, 4.69) is 10.6 Å². The minimum atomic E-state index is -0.336. The average Bonchev–Trinajstić information content (AvgIpc) is 2.68. The van der Waals surface area contributed by atoms with Crippen molar-refractivity contribution in [2.75, 3.05) is 0 Å². The summed E-state index contributed by atoms with van der Waals surface area (Å²) in [5.41, 5.74) is 1.60. The van der Waals surface area contributed by atoms with Crippen molar-refractivity contribution in [3.05, 3.63) is 83.4 Å². The quantitative estimate of drug-likeness (QED) is 0.766. The van der Waals surface area contributed by atoms with Crippen LogP contribution in [0.2, 0.25) is 0 Å². The Balaban J connectivity index is 1.79. The zero-order valence-electron chi connectivity index (χ0n) is 15.3. The molecule has 0 radical (unpaired) electrons. The van der Waals surface area contributed by atoms with Gasteiger partial charge in [-0.1, -0.05) is 36.4 Å². The first kappa shape index (κ1) is 19.7. The molecule has 6 heteroatoms. The summed E-state index contributed by atoms with van der Waals surface area (Å²) in [6.45, 7) is 0. The second-order valence-electron chi connectivity index (χ2n) is 6.79. The number of rotatable bonds is 2. The van der Waals surface area contributed by atoms with Gasteiger partial charge in [0.15, 0.2) is 0 Å². The lowest BCUT2D eigenvalue weighted by Crippen LogP contribution is -2.32. The zero-order valence-corrected chi connectivity index (χ0v) is 15.3. The number of hydrogen-bond donors (Lipinski definition) is 2. The smallest absolute Gasteiger partial charge is 0.221 e. The summed E-state index contributed by atoms with van der Waals surface area (Å²) in [6, 6.07) is 11.4. The van der Waals surface area contributed by atoms with Gasteiger partial charge in [-0.15, -0.1) is 0 Å². The van der Waals surface area contributed by atoms with E-state index in [9.17, 15) is 18.4 Å². The van der Waals surface area contributed by atoms with Gasteiger partial charge in [0.2, 0.25) is 11.8 Å². The van der Waals surface area contributed by atoms with Crippen LogP contribution in [-0.4, -0.2) is 11.8 Å². The first-order valence-electron chi connectivity index (χ1n) is 9.26. The predicted molar refractivity (Wildman–Crippen MR) is 102 cm³/mol. The van der Waals surface area contributed by atoms with Crippen LogP contribution < -0.4 is 10.6 Å². The molecule has 0 aromatic heterocycles. The molecule has 4 nitrogen and oxygen atoms in total. The fourth-order valence-corrected chi connectivity index (χ4v) is 3.17. The van der Waals surface area contributed by atoms with Crippen molar-refractivity contribution in [2.45, 2.75) is 37.8 Å². The van der Waals surface area contributed by atoms with Crippen molar-refractivity contribution in [3.63, 3.8) is 0 Å². The van der Waals surface area contributed by atoms with Gasteiger partial charge in [-0.05, 0) is 48.2 Å². The molecule has 0 saturated heterocycles. The molecule has 2 atom stereocenters. The second kappa shape index (κ2) is 9.26. The summed E-state index contributed by atoms with van der Waals surface area (Å²) in [5, 5.41) is 5.81. The van der Waals surface area contributed by atoms with Gasteiger partial charge < -0.3 is 10.6 Å². The second-order valence-corrected chi connectivity index (χ2v) is 6.79. The minimum Gasteiger partial charge on any atom is -0.349 e. The van der Waals surface area contributed by atoms with E-state index < -0.39 is 0 Å². The third-order valence-electron chi connectivity index (χ3n) is 4.70. The summed E-state index contributed by atoms with van der Waals surface area (Å²) in [6.07, 6.45) is 5.06. The number of amides is 2. The molecule has 3 rings (SSSR count). The van der Waals surface area contributed by atoms with Crippen LogP contribution in [-0.2, 0) is 9.59 Å². The normalized spacial score (nSPS) is 22.4. The Morgan fingerprint density at radius 2 is 1.00 bits per heavy atom. The molecule has 2 N–H and O–H groups in total. The molecular formula is C22H22F2N2O2. The molecule has 0 spiro atoms. The lowest BCUT2D eigenvalue weighted by Gasteiger charge is -2.21. The van der Waals surface area contributed by atoms with E-state index in [1.54, 1.807) is 24.3 Å². The summed E-state index contributed by atoms with van der Waals surface area (Å²) >= 11 is 0. The summed E-state index contributed by atoms with van der Waals surface area (Å²) in [5.74, 6) is -1.15. The number of carbonyl (C=O) groups is 2. The lowest BCUT2D eigenvalue weighted by atomic mass is 10.00. The lowest BCUT2D eigenvalue weighted by molar-refractivity contribution is -0.127. The van der Waals surface area contributed by atoms with Crippen molar-refractivity contribution >= 4 is 11.8 Å². The van der Waals surface area contributed by atoms with Gasteiger partial charge >= 0.3 is 0 Å². The fraction of sp³-hybridized carbons (Fsp3) is 0.273. The van der Waals surface area contributed by atoms with Gasteiger partial charge in [-0.2, -0.15) is 0 Å². The van der Waals surface area contributed by atoms with Gasteiger partial charge in [0.05, 0.1) is 12.1 Å². The van der Waals surface area contributed by atoms with E-state index in [1.165, 1.54) is 24.3 Å². The highest BCUT2D eigenvalue weighted by molar-refractivity contribution is 5.84. The SMILES string of the molecule is O=C1CCC(=O)N[C@@H](c2ccc(F)cc2)C/C=C\C[C@H](c2ccc(F)cc2)N1. The predicted octanol–water partition coefficient (Wildman–Crippen LogP) is 4.11. The number of halogens is 2. The van der Waals surface area contributed by atoms with Crippen LogP contribution in [0.25, 0.3) is 0 Å². The van der Waals surface area contributed by atoms with E-state index in [0.717, 1.165) is 11.1 Å². The van der Waals surface area contributed by atoms with Crippen LogP contribution in [0.3, 0.4) is 0 Å². The molecule has 2 aromatic rings. The number of benzene rings is 2. The maximum atomic E-state index is 13.2. The Labute approximate surface area is 162 Å². The Morgan fingerprint density at radius 1 is 0.643 bits per heavy atom. The Morgan fingerprint density at radius 3 is 1.36 bits per heavy atom. The molecular weight excluding hydrogens is 362 g/mol. The number of nitrogens with one attached hydrogen (secondary N) is 2. The first-order valence-corrected chi connectivity index (χ1v) is 9.26. The number of hydrogen-bond acceptors (Lipinski definition) is 2. The first-order chi connectivity index (χ1) is 13.5. The van der Waals surface area contributed by atoms with Crippen LogP contribution in [0.4, 0.5) is 8.78 Å². The van der Waals surface area contributed by atoms with Crippen molar-refractivity contribution in [1.29, 1.82) is 0 Å². The largest absolute Gasteiger partial charge is 0.349 e.